The first-order valence-electron chi connectivity index (χ1n) is 7.40. The summed E-state index contributed by atoms with van der Waals surface area (Å²) >= 11 is 0. The van der Waals surface area contributed by atoms with E-state index in [-0.39, 0.29) is 11.5 Å². The molecule has 2 rings (SSSR count). The Balaban J connectivity index is 2.54. The van der Waals surface area contributed by atoms with E-state index < -0.39 is 0 Å². The van der Waals surface area contributed by atoms with Crippen LogP contribution in [-0.2, 0) is 12.5 Å². The van der Waals surface area contributed by atoms with Crippen LogP contribution in [0.3, 0.4) is 0 Å². The van der Waals surface area contributed by atoms with E-state index in [0.717, 1.165) is 12.8 Å². The number of rotatable bonds is 6. The molecule has 0 spiro atoms. The fraction of sp³-hybridized carbons (Fsp3) is 0.471. The molecule has 1 aromatic carbocycles. The Morgan fingerprint density at radius 1 is 1.15 bits per heavy atom. The van der Waals surface area contributed by atoms with Gasteiger partial charge in [0.05, 0.1) is 11.7 Å². The highest BCUT2D eigenvalue weighted by Crippen LogP contribution is 2.42. The van der Waals surface area contributed by atoms with Crippen LogP contribution in [-0.4, -0.2) is 16.8 Å². The lowest BCUT2D eigenvalue weighted by Crippen LogP contribution is -2.40. The number of aryl methyl sites for hydroxylation is 1. The van der Waals surface area contributed by atoms with E-state index in [1.807, 2.05) is 25.0 Å². The Morgan fingerprint density at radius 2 is 1.80 bits per heavy atom. The van der Waals surface area contributed by atoms with Gasteiger partial charge >= 0.3 is 0 Å². The van der Waals surface area contributed by atoms with Crippen LogP contribution in [0.15, 0.2) is 42.6 Å². The Bertz CT molecular complexity index is 526. The summed E-state index contributed by atoms with van der Waals surface area (Å²) in [6, 6.07) is 13.2. The second-order valence-electron chi connectivity index (χ2n) is 5.33. The van der Waals surface area contributed by atoms with Crippen LogP contribution >= 0.6 is 0 Å². The van der Waals surface area contributed by atoms with E-state index in [2.05, 4.69) is 60.7 Å². The Morgan fingerprint density at radius 3 is 2.25 bits per heavy atom. The van der Waals surface area contributed by atoms with Gasteiger partial charge in [0.1, 0.15) is 0 Å². The van der Waals surface area contributed by atoms with Crippen LogP contribution in [0.5, 0.6) is 0 Å². The molecule has 1 atom stereocenters. The summed E-state index contributed by atoms with van der Waals surface area (Å²) in [4.78, 5) is 0. The molecule has 1 N–H and O–H groups in total. The predicted octanol–water partition coefficient (Wildman–Crippen LogP) is 3.44. The summed E-state index contributed by atoms with van der Waals surface area (Å²) in [5, 5.41) is 7.86. The van der Waals surface area contributed by atoms with Gasteiger partial charge in [-0.15, -0.1) is 0 Å². The molecule has 0 fully saturated rings. The number of hydrogen-bond acceptors (Lipinski definition) is 2. The van der Waals surface area contributed by atoms with Crippen LogP contribution < -0.4 is 5.32 Å². The van der Waals surface area contributed by atoms with Crippen molar-refractivity contribution < 1.29 is 0 Å². The lowest BCUT2D eigenvalue weighted by Gasteiger charge is -2.40. The molecule has 0 aliphatic rings. The molecule has 1 heterocycles. The van der Waals surface area contributed by atoms with E-state index in [9.17, 15) is 0 Å². The van der Waals surface area contributed by atoms with Crippen LogP contribution in [0.1, 0.15) is 44.0 Å². The molecule has 0 saturated heterocycles. The maximum absolute atomic E-state index is 4.34. The molecule has 0 aliphatic heterocycles. The third-order valence-corrected chi connectivity index (χ3v) is 4.61. The molecule has 3 nitrogen and oxygen atoms in total. The van der Waals surface area contributed by atoms with Gasteiger partial charge in [0.25, 0.3) is 0 Å². The van der Waals surface area contributed by atoms with Crippen LogP contribution in [0.25, 0.3) is 0 Å². The quantitative estimate of drug-likeness (QED) is 0.872. The highest BCUT2D eigenvalue weighted by molar-refractivity contribution is 5.31. The molecule has 2 aromatic rings. The third-order valence-electron chi connectivity index (χ3n) is 4.61. The molecule has 0 saturated carbocycles. The Hall–Kier alpha value is -1.61. The van der Waals surface area contributed by atoms with Gasteiger partial charge < -0.3 is 5.32 Å². The largest absolute Gasteiger partial charge is 0.311 e. The topological polar surface area (TPSA) is 29.9 Å². The molecule has 0 aliphatic carbocycles. The molecular formula is C17H25N3. The van der Waals surface area contributed by atoms with E-state index in [4.69, 9.17) is 0 Å². The van der Waals surface area contributed by atoms with Crippen molar-refractivity contribution in [1.82, 2.24) is 15.1 Å². The average Bonchev–Trinajstić information content (AvgIpc) is 2.91. The minimum Gasteiger partial charge on any atom is -0.311 e. The zero-order valence-electron chi connectivity index (χ0n) is 12.9. The van der Waals surface area contributed by atoms with Crippen LogP contribution in [0.2, 0.25) is 0 Å². The first-order chi connectivity index (χ1) is 9.69. The summed E-state index contributed by atoms with van der Waals surface area (Å²) in [7, 11) is 4.06. The van der Waals surface area contributed by atoms with E-state index in [1.165, 1.54) is 11.3 Å². The smallest absolute Gasteiger partial charge is 0.0587 e. The van der Waals surface area contributed by atoms with Crippen molar-refractivity contribution in [3.63, 3.8) is 0 Å². The number of nitrogens with one attached hydrogen (secondary N) is 1. The standard InChI is InChI=1S/C17H25N3/c1-5-17(6-2,14-10-8-7-9-11-14)16(18-3)15-12-13-19-20(15)4/h7-13,16,18H,5-6H2,1-4H3. The minimum absolute atomic E-state index is 0.0871. The van der Waals surface area contributed by atoms with Crippen molar-refractivity contribution in [3.05, 3.63) is 53.9 Å². The summed E-state index contributed by atoms with van der Waals surface area (Å²) < 4.78 is 1.98. The summed E-state index contributed by atoms with van der Waals surface area (Å²) in [5.74, 6) is 0. The van der Waals surface area contributed by atoms with Gasteiger partial charge in [0.2, 0.25) is 0 Å². The maximum Gasteiger partial charge on any atom is 0.0587 e. The summed E-state index contributed by atoms with van der Waals surface area (Å²) in [6.07, 6.45) is 4.05. The molecule has 1 aromatic heterocycles. The molecule has 3 heteroatoms. The van der Waals surface area contributed by atoms with Crippen molar-refractivity contribution in [2.75, 3.05) is 7.05 Å². The fourth-order valence-corrected chi connectivity index (χ4v) is 3.38. The lowest BCUT2D eigenvalue weighted by atomic mass is 9.69. The summed E-state index contributed by atoms with van der Waals surface area (Å²) in [5.41, 5.74) is 2.72. The van der Waals surface area contributed by atoms with E-state index >= 15 is 0 Å². The van der Waals surface area contributed by atoms with Gasteiger partial charge in [-0.05, 0) is 31.5 Å². The van der Waals surface area contributed by atoms with Gasteiger partial charge in [0.15, 0.2) is 0 Å². The van der Waals surface area contributed by atoms with Crippen molar-refractivity contribution in [2.45, 2.75) is 38.1 Å². The maximum atomic E-state index is 4.34. The van der Waals surface area contributed by atoms with Crippen molar-refractivity contribution in [1.29, 1.82) is 0 Å². The molecule has 0 bridgehead atoms. The fourth-order valence-electron chi connectivity index (χ4n) is 3.38. The van der Waals surface area contributed by atoms with Gasteiger partial charge in [0, 0.05) is 18.7 Å². The average molecular weight is 271 g/mol. The van der Waals surface area contributed by atoms with Gasteiger partial charge in [-0.2, -0.15) is 5.10 Å². The van der Waals surface area contributed by atoms with E-state index in [1.54, 1.807) is 0 Å². The van der Waals surface area contributed by atoms with Crippen LogP contribution in [0.4, 0.5) is 0 Å². The zero-order chi connectivity index (χ0) is 14.6. The Kier molecular flexibility index (Phi) is 4.61. The van der Waals surface area contributed by atoms with Crippen LogP contribution in [0, 0.1) is 0 Å². The third kappa shape index (κ3) is 2.38. The number of aromatic nitrogens is 2. The minimum atomic E-state index is 0.0871. The highest BCUT2D eigenvalue weighted by Gasteiger charge is 2.38. The molecular weight excluding hydrogens is 246 g/mol. The second-order valence-corrected chi connectivity index (χ2v) is 5.33. The molecule has 0 radical (unpaired) electrons. The zero-order valence-corrected chi connectivity index (χ0v) is 12.9. The second kappa shape index (κ2) is 6.23. The molecule has 0 amide bonds. The SMILES string of the molecule is CCC(CC)(c1ccccc1)C(NC)c1ccnn1C. The molecule has 1 unspecified atom stereocenters. The van der Waals surface area contributed by atoms with Crippen molar-refractivity contribution >= 4 is 0 Å². The van der Waals surface area contributed by atoms with Gasteiger partial charge in [-0.1, -0.05) is 44.2 Å². The number of hydrogen-bond donors (Lipinski definition) is 1. The monoisotopic (exact) mass is 271 g/mol. The van der Waals surface area contributed by atoms with Gasteiger partial charge in [-0.3, -0.25) is 4.68 Å². The van der Waals surface area contributed by atoms with Crippen molar-refractivity contribution in [2.24, 2.45) is 7.05 Å². The van der Waals surface area contributed by atoms with Gasteiger partial charge in [-0.25, -0.2) is 0 Å². The normalized spacial score (nSPS) is 13.4. The van der Waals surface area contributed by atoms with Crippen molar-refractivity contribution in [3.8, 4) is 0 Å². The molecule has 20 heavy (non-hydrogen) atoms. The van der Waals surface area contributed by atoms with E-state index in [0.29, 0.717) is 0 Å². The number of likely N-dealkylation sites (N-methyl/N-ethyl adjacent to an activating group) is 1. The molecule has 108 valence electrons. The number of benzene rings is 1. The summed E-state index contributed by atoms with van der Waals surface area (Å²) in [6.45, 7) is 4.55. The first-order valence-corrected chi connectivity index (χ1v) is 7.40. The number of nitrogens with zero attached hydrogens (tertiary/aromatic N) is 2. The highest BCUT2D eigenvalue weighted by atomic mass is 15.3. The Labute approximate surface area is 122 Å². The lowest BCUT2D eigenvalue weighted by molar-refractivity contribution is 0.276. The predicted molar refractivity (Wildman–Crippen MR) is 83.7 cm³/mol. The first kappa shape index (κ1) is 14.8.